The number of ether oxygens (including phenoxy) is 1. The first-order valence-corrected chi connectivity index (χ1v) is 10.4. The largest absolute Gasteiger partial charge is 0.494 e. The van der Waals surface area contributed by atoms with Crippen molar-refractivity contribution in [2.45, 2.75) is 19.9 Å². The number of hydrogen-bond donors (Lipinski definition) is 0. The van der Waals surface area contributed by atoms with Crippen molar-refractivity contribution in [2.75, 3.05) is 6.61 Å². The average Bonchev–Trinajstić information content (AvgIpc) is 3.15. The second kappa shape index (κ2) is 8.03. The monoisotopic (exact) mass is 392 g/mol. The predicted octanol–water partition coefficient (Wildman–Crippen LogP) is 6.63. The Bertz CT molecular complexity index is 1320. The lowest BCUT2D eigenvalue weighted by Crippen LogP contribution is -2.06. The maximum Gasteiger partial charge on any atom is 0.141 e. The number of benzene rings is 4. The van der Waals surface area contributed by atoms with Gasteiger partial charge >= 0.3 is 0 Å². The van der Waals surface area contributed by atoms with Crippen LogP contribution in [0.25, 0.3) is 33.2 Å². The first-order chi connectivity index (χ1) is 14.8. The molecule has 0 spiro atoms. The molecule has 4 aromatic carbocycles. The number of fused-ring (bicyclic) bond motifs is 2. The van der Waals surface area contributed by atoms with Gasteiger partial charge in [-0.25, -0.2) is 4.98 Å². The molecule has 0 radical (unpaired) electrons. The second-order valence-corrected chi connectivity index (χ2v) is 7.66. The standard InChI is InChI=1S/C27H24N2O/c1-20-8-6-11-23(18-20)27-28-25-12-4-5-13-26(25)29(27)16-7-17-30-24-15-14-21-9-2-3-10-22(21)19-24/h2-6,8-15,18-19H,7,16-17H2,1H3. The van der Waals surface area contributed by atoms with E-state index in [0.29, 0.717) is 6.61 Å². The Morgan fingerprint density at radius 3 is 2.53 bits per heavy atom. The zero-order valence-corrected chi connectivity index (χ0v) is 17.1. The zero-order valence-electron chi connectivity index (χ0n) is 17.1. The van der Waals surface area contributed by atoms with E-state index in [1.54, 1.807) is 0 Å². The van der Waals surface area contributed by atoms with Crippen LogP contribution in [-0.4, -0.2) is 16.2 Å². The molecule has 0 saturated heterocycles. The summed E-state index contributed by atoms with van der Waals surface area (Å²) < 4.78 is 8.37. The van der Waals surface area contributed by atoms with Crippen molar-refractivity contribution in [3.63, 3.8) is 0 Å². The van der Waals surface area contributed by atoms with Gasteiger partial charge in [-0.1, -0.05) is 66.2 Å². The van der Waals surface area contributed by atoms with Crippen LogP contribution in [0.2, 0.25) is 0 Å². The van der Waals surface area contributed by atoms with E-state index in [-0.39, 0.29) is 0 Å². The van der Waals surface area contributed by atoms with Crippen LogP contribution in [0.15, 0.2) is 91.0 Å². The molecule has 0 aliphatic heterocycles. The first-order valence-electron chi connectivity index (χ1n) is 10.4. The summed E-state index contributed by atoms with van der Waals surface area (Å²) in [6.07, 6.45) is 0.909. The summed E-state index contributed by atoms with van der Waals surface area (Å²) in [5.41, 5.74) is 4.59. The predicted molar refractivity (Wildman–Crippen MR) is 124 cm³/mol. The highest BCUT2D eigenvalue weighted by molar-refractivity contribution is 5.83. The van der Waals surface area contributed by atoms with Gasteiger partial charge in [0, 0.05) is 12.1 Å². The van der Waals surface area contributed by atoms with E-state index in [9.17, 15) is 0 Å². The number of aryl methyl sites for hydroxylation is 2. The van der Waals surface area contributed by atoms with Crippen LogP contribution >= 0.6 is 0 Å². The van der Waals surface area contributed by atoms with Gasteiger partial charge in [0.05, 0.1) is 17.6 Å². The van der Waals surface area contributed by atoms with Gasteiger partial charge in [-0.2, -0.15) is 0 Å². The zero-order chi connectivity index (χ0) is 20.3. The van der Waals surface area contributed by atoms with Crippen LogP contribution in [-0.2, 0) is 6.54 Å². The highest BCUT2D eigenvalue weighted by Gasteiger charge is 2.12. The van der Waals surface area contributed by atoms with Crippen molar-refractivity contribution in [1.29, 1.82) is 0 Å². The van der Waals surface area contributed by atoms with Gasteiger partial charge < -0.3 is 9.30 Å². The quantitative estimate of drug-likeness (QED) is 0.303. The van der Waals surface area contributed by atoms with E-state index in [1.165, 1.54) is 21.9 Å². The lowest BCUT2D eigenvalue weighted by Gasteiger charge is -2.11. The SMILES string of the molecule is Cc1cccc(-c2nc3ccccc3n2CCCOc2ccc3ccccc3c2)c1. The number of para-hydroxylation sites is 2. The van der Waals surface area contributed by atoms with E-state index in [2.05, 4.69) is 90.4 Å². The van der Waals surface area contributed by atoms with Gasteiger partial charge in [0.2, 0.25) is 0 Å². The van der Waals surface area contributed by atoms with Crippen molar-refractivity contribution in [3.8, 4) is 17.1 Å². The molecule has 1 aromatic heterocycles. The summed E-state index contributed by atoms with van der Waals surface area (Å²) in [7, 11) is 0. The molecular weight excluding hydrogens is 368 g/mol. The van der Waals surface area contributed by atoms with Crippen LogP contribution in [0.1, 0.15) is 12.0 Å². The molecule has 0 saturated carbocycles. The van der Waals surface area contributed by atoms with E-state index in [1.807, 2.05) is 12.1 Å². The molecule has 148 valence electrons. The number of hydrogen-bond acceptors (Lipinski definition) is 2. The molecule has 5 rings (SSSR count). The second-order valence-electron chi connectivity index (χ2n) is 7.66. The Hall–Kier alpha value is -3.59. The smallest absolute Gasteiger partial charge is 0.141 e. The molecule has 0 aliphatic carbocycles. The molecule has 3 nitrogen and oxygen atoms in total. The molecule has 0 amide bonds. The maximum absolute atomic E-state index is 6.06. The Kier molecular flexibility index (Phi) is 4.94. The lowest BCUT2D eigenvalue weighted by molar-refractivity contribution is 0.303. The average molecular weight is 393 g/mol. The molecule has 0 fully saturated rings. The molecule has 30 heavy (non-hydrogen) atoms. The van der Waals surface area contributed by atoms with Crippen molar-refractivity contribution in [2.24, 2.45) is 0 Å². The normalized spacial score (nSPS) is 11.2. The third-order valence-electron chi connectivity index (χ3n) is 5.45. The summed E-state index contributed by atoms with van der Waals surface area (Å²) in [6, 6.07) is 31.5. The van der Waals surface area contributed by atoms with Gasteiger partial charge in [0.25, 0.3) is 0 Å². The first kappa shape index (κ1) is 18.4. The molecular formula is C27H24N2O. The van der Waals surface area contributed by atoms with E-state index in [4.69, 9.17) is 9.72 Å². The summed E-state index contributed by atoms with van der Waals surface area (Å²) in [6.45, 7) is 3.64. The van der Waals surface area contributed by atoms with E-state index < -0.39 is 0 Å². The molecule has 0 unspecified atom stereocenters. The van der Waals surface area contributed by atoms with Crippen molar-refractivity contribution in [3.05, 3.63) is 96.6 Å². The minimum atomic E-state index is 0.665. The van der Waals surface area contributed by atoms with Crippen LogP contribution < -0.4 is 4.74 Å². The topological polar surface area (TPSA) is 27.1 Å². The maximum atomic E-state index is 6.06. The number of imidazole rings is 1. The summed E-state index contributed by atoms with van der Waals surface area (Å²) in [4.78, 5) is 4.92. The minimum absolute atomic E-state index is 0.665. The molecule has 0 atom stereocenters. The molecule has 0 aliphatic rings. The third kappa shape index (κ3) is 3.67. The lowest BCUT2D eigenvalue weighted by atomic mass is 10.1. The fourth-order valence-electron chi connectivity index (χ4n) is 3.98. The molecule has 5 aromatic rings. The van der Waals surface area contributed by atoms with Gasteiger partial charge in [0.15, 0.2) is 0 Å². The fourth-order valence-corrected chi connectivity index (χ4v) is 3.98. The molecule has 1 heterocycles. The van der Waals surface area contributed by atoms with Crippen molar-refractivity contribution >= 4 is 21.8 Å². The van der Waals surface area contributed by atoms with Crippen LogP contribution in [0.5, 0.6) is 5.75 Å². The van der Waals surface area contributed by atoms with Gasteiger partial charge in [-0.15, -0.1) is 0 Å². The Morgan fingerprint density at radius 1 is 0.800 bits per heavy atom. The highest BCUT2D eigenvalue weighted by Crippen LogP contribution is 2.26. The fraction of sp³-hybridized carbons (Fsp3) is 0.148. The summed E-state index contributed by atoms with van der Waals surface area (Å²) >= 11 is 0. The van der Waals surface area contributed by atoms with E-state index in [0.717, 1.165) is 35.6 Å². The number of rotatable bonds is 6. The third-order valence-corrected chi connectivity index (χ3v) is 5.45. The van der Waals surface area contributed by atoms with Crippen LogP contribution in [0.4, 0.5) is 0 Å². The molecule has 3 heteroatoms. The minimum Gasteiger partial charge on any atom is -0.494 e. The van der Waals surface area contributed by atoms with Gasteiger partial charge in [-0.05, 0) is 54.4 Å². The van der Waals surface area contributed by atoms with Gasteiger partial charge in [-0.3, -0.25) is 0 Å². The Labute approximate surface area is 176 Å². The number of aromatic nitrogens is 2. The summed E-state index contributed by atoms with van der Waals surface area (Å²) in [5, 5.41) is 2.44. The number of nitrogens with zero attached hydrogens (tertiary/aromatic N) is 2. The van der Waals surface area contributed by atoms with Crippen molar-refractivity contribution < 1.29 is 4.74 Å². The Balaban J connectivity index is 1.35. The molecule has 0 N–H and O–H groups in total. The molecule has 0 bridgehead atoms. The van der Waals surface area contributed by atoms with Gasteiger partial charge in [0.1, 0.15) is 11.6 Å². The van der Waals surface area contributed by atoms with Crippen molar-refractivity contribution in [1.82, 2.24) is 9.55 Å². The van der Waals surface area contributed by atoms with Crippen LogP contribution in [0, 0.1) is 6.92 Å². The van der Waals surface area contributed by atoms with Crippen LogP contribution in [0.3, 0.4) is 0 Å². The summed E-state index contributed by atoms with van der Waals surface area (Å²) in [5.74, 6) is 1.94. The Morgan fingerprint density at radius 2 is 1.63 bits per heavy atom. The van der Waals surface area contributed by atoms with E-state index >= 15 is 0 Å². The highest BCUT2D eigenvalue weighted by atomic mass is 16.5.